The van der Waals surface area contributed by atoms with Gasteiger partial charge in [0.2, 0.25) is 5.91 Å². The first-order valence-electron chi connectivity index (χ1n) is 7.86. The number of sulfonamides is 1. The zero-order valence-electron chi connectivity index (χ0n) is 14.2. The molecule has 144 valence electrons. The van der Waals surface area contributed by atoms with Crippen molar-refractivity contribution in [1.29, 1.82) is 0 Å². The van der Waals surface area contributed by atoms with Crippen LogP contribution in [0, 0.1) is 0 Å². The molecule has 0 aliphatic carbocycles. The fourth-order valence-electron chi connectivity index (χ4n) is 2.52. The van der Waals surface area contributed by atoms with Crippen LogP contribution in [0.2, 0.25) is 0 Å². The van der Waals surface area contributed by atoms with Gasteiger partial charge < -0.3 is 11.1 Å². The van der Waals surface area contributed by atoms with Gasteiger partial charge in [-0.2, -0.15) is 0 Å². The number of hydrogen-bond donors (Lipinski definition) is 4. The molecule has 5 N–H and O–H groups in total. The summed E-state index contributed by atoms with van der Waals surface area (Å²) in [5.74, 6) is -2.59. The minimum Gasteiger partial charge on any atom is -0.368 e. The molecule has 0 spiro atoms. The number of fused-ring (bicyclic) bond motifs is 1. The number of nitrogens with two attached hydrogens (primary N) is 1. The Morgan fingerprint density at radius 2 is 1.71 bits per heavy atom. The number of benzene rings is 2. The lowest BCUT2D eigenvalue weighted by Crippen LogP contribution is -2.33. The molecule has 28 heavy (non-hydrogen) atoms. The normalized spacial score (nSPS) is 12.9. The molecule has 2 aromatic rings. The third kappa shape index (κ3) is 3.83. The number of anilines is 1. The number of carbonyl (C=O) groups excluding carboxylic acids is 4. The lowest BCUT2D eigenvalue weighted by Gasteiger charge is -2.10. The van der Waals surface area contributed by atoms with E-state index in [1.807, 2.05) is 0 Å². The summed E-state index contributed by atoms with van der Waals surface area (Å²) in [6.07, 6.45) is 0. The Balaban J connectivity index is 1.84. The van der Waals surface area contributed by atoms with Crippen molar-refractivity contribution in [3.63, 3.8) is 0 Å². The van der Waals surface area contributed by atoms with E-state index in [-0.39, 0.29) is 33.8 Å². The average molecular weight is 402 g/mol. The molecule has 10 nitrogen and oxygen atoms in total. The van der Waals surface area contributed by atoms with Crippen molar-refractivity contribution in [3.8, 4) is 0 Å². The second-order valence-corrected chi connectivity index (χ2v) is 7.51. The van der Waals surface area contributed by atoms with Crippen LogP contribution in [0.4, 0.5) is 5.69 Å². The van der Waals surface area contributed by atoms with Crippen molar-refractivity contribution in [2.75, 3.05) is 11.3 Å². The molecule has 0 unspecified atom stereocenters. The zero-order valence-corrected chi connectivity index (χ0v) is 15.0. The van der Waals surface area contributed by atoms with E-state index < -0.39 is 33.7 Å². The molecule has 4 amide bonds. The molecule has 0 bridgehead atoms. The van der Waals surface area contributed by atoms with Gasteiger partial charge >= 0.3 is 0 Å². The van der Waals surface area contributed by atoms with Crippen molar-refractivity contribution in [2.45, 2.75) is 4.90 Å². The summed E-state index contributed by atoms with van der Waals surface area (Å²) in [4.78, 5) is 45.8. The molecule has 11 heteroatoms. The van der Waals surface area contributed by atoms with E-state index in [4.69, 9.17) is 5.73 Å². The molecule has 0 radical (unpaired) electrons. The highest BCUT2D eigenvalue weighted by molar-refractivity contribution is 7.92. The minimum atomic E-state index is -4.09. The highest BCUT2D eigenvalue weighted by Crippen LogP contribution is 2.22. The molecule has 1 heterocycles. The Labute approximate surface area is 159 Å². The van der Waals surface area contributed by atoms with Gasteiger partial charge in [-0.1, -0.05) is 6.07 Å². The first kappa shape index (κ1) is 19.0. The molecule has 0 atom stereocenters. The number of carbonyl (C=O) groups is 4. The van der Waals surface area contributed by atoms with Crippen LogP contribution in [-0.4, -0.2) is 38.6 Å². The predicted octanol–water partition coefficient (Wildman–Crippen LogP) is -0.414. The summed E-state index contributed by atoms with van der Waals surface area (Å²) in [6.45, 7) is -0.356. The molecule has 0 saturated heterocycles. The van der Waals surface area contributed by atoms with Gasteiger partial charge in [0.05, 0.1) is 22.6 Å². The highest BCUT2D eigenvalue weighted by Gasteiger charge is 2.28. The summed E-state index contributed by atoms with van der Waals surface area (Å²) in [7, 11) is -4.09. The molecule has 1 aliphatic heterocycles. The number of imide groups is 1. The molecular weight excluding hydrogens is 388 g/mol. The molecule has 0 saturated carbocycles. The van der Waals surface area contributed by atoms with Crippen LogP contribution in [0.3, 0.4) is 0 Å². The smallest absolute Gasteiger partial charge is 0.261 e. The average Bonchev–Trinajstić information content (AvgIpc) is 2.93. The third-order valence-electron chi connectivity index (χ3n) is 3.82. The van der Waals surface area contributed by atoms with Crippen molar-refractivity contribution < 1.29 is 27.6 Å². The van der Waals surface area contributed by atoms with Gasteiger partial charge in [-0.15, -0.1) is 0 Å². The second-order valence-electron chi connectivity index (χ2n) is 5.83. The van der Waals surface area contributed by atoms with Crippen LogP contribution in [0.1, 0.15) is 31.1 Å². The Bertz CT molecular complexity index is 1130. The Kier molecular flexibility index (Phi) is 4.84. The summed E-state index contributed by atoms with van der Waals surface area (Å²) < 4.78 is 27.5. The molecular formula is C17H14N4O6S. The number of nitrogens with one attached hydrogen (secondary N) is 3. The van der Waals surface area contributed by atoms with Gasteiger partial charge in [0.1, 0.15) is 0 Å². The fraction of sp³-hybridized carbons (Fsp3) is 0.0588. The number of hydrogen-bond acceptors (Lipinski definition) is 6. The second kappa shape index (κ2) is 7.12. The van der Waals surface area contributed by atoms with Crippen LogP contribution in [-0.2, 0) is 14.8 Å². The van der Waals surface area contributed by atoms with Crippen LogP contribution in [0.25, 0.3) is 0 Å². The standard InChI is InChI=1S/C17H14N4O6S/c18-14(22)8-19-15(23)9-2-1-3-10(6-9)21-28(26,27)11-4-5-12-13(7-11)17(25)20-16(12)24/h1-7,21H,8H2,(H2,18,22)(H,19,23)(H,20,24,25). The highest BCUT2D eigenvalue weighted by atomic mass is 32.2. The predicted molar refractivity (Wildman–Crippen MR) is 97.0 cm³/mol. The van der Waals surface area contributed by atoms with Crippen LogP contribution in [0.5, 0.6) is 0 Å². The van der Waals surface area contributed by atoms with Gasteiger partial charge in [0.25, 0.3) is 27.7 Å². The van der Waals surface area contributed by atoms with E-state index in [9.17, 15) is 27.6 Å². The minimum absolute atomic E-state index is 0.0348. The van der Waals surface area contributed by atoms with Crippen LogP contribution >= 0.6 is 0 Å². The van der Waals surface area contributed by atoms with Gasteiger partial charge in [0.15, 0.2) is 0 Å². The quantitative estimate of drug-likeness (QED) is 0.479. The summed E-state index contributed by atoms with van der Waals surface area (Å²) in [5.41, 5.74) is 5.22. The van der Waals surface area contributed by atoms with Crippen molar-refractivity contribution in [2.24, 2.45) is 5.73 Å². The van der Waals surface area contributed by atoms with Crippen molar-refractivity contribution >= 4 is 39.3 Å². The monoisotopic (exact) mass is 402 g/mol. The maximum atomic E-state index is 12.6. The first-order valence-corrected chi connectivity index (χ1v) is 9.35. The van der Waals surface area contributed by atoms with Gasteiger partial charge in [-0.3, -0.25) is 29.2 Å². The topological polar surface area (TPSA) is 165 Å². The SMILES string of the molecule is NC(=O)CNC(=O)c1cccc(NS(=O)(=O)c2ccc3c(c2)C(=O)NC3=O)c1. The number of primary amides is 1. The molecule has 0 aromatic heterocycles. The maximum absolute atomic E-state index is 12.6. The van der Waals surface area contributed by atoms with Gasteiger partial charge in [0, 0.05) is 11.3 Å². The molecule has 1 aliphatic rings. The first-order chi connectivity index (χ1) is 13.2. The van der Waals surface area contributed by atoms with Crippen LogP contribution in [0.15, 0.2) is 47.4 Å². The largest absolute Gasteiger partial charge is 0.368 e. The maximum Gasteiger partial charge on any atom is 0.261 e. The lowest BCUT2D eigenvalue weighted by atomic mass is 10.1. The van der Waals surface area contributed by atoms with Crippen molar-refractivity contribution in [3.05, 3.63) is 59.2 Å². The zero-order chi connectivity index (χ0) is 20.5. The third-order valence-corrected chi connectivity index (χ3v) is 5.20. The van der Waals surface area contributed by atoms with Crippen LogP contribution < -0.4 is 21.1 Å². The molecule has 2 aromatic carbocycles. The molecule has 0 fully saturated rings. The summed E-state index contributed by atoms with van der Waals surface area (Å²) in [6, 6.07) is 9.12. The lowest BCUT2D eigenvalue weighted by molar-refractivity contribution is -0.117. The Morgan fingerprint density at radius 1 is 1.00 bits per heavy atom. The Hall–Kier alpha value is -3.73. The number of amides is 4. The van der Waals surface area contributed by atoms with Gasteiger partial charge in [-0.25, -0.2) is 8.42 Å². The summed E-state index contributed by atoms with van der Waals surface area (Å²) >= 11 is 0. The van der Waals surface area contributed by atoms with E-state index in [0.717, 1.165) is 6.07 Å². The molecule has 3 rings (SSSR count). The van der Waals surface area contributed by atoms with Gasteiger partial charge in [-0.05, 0) is 36.4 Å². The van der Waals surface area contributed by atoms with E-state index in [1.165, 1.54) is 36.4 Å². The summed E-state index contributed by atoms with van der Waals surface area (Å²) in [5, 5.41) is 4.37. The van der Waals surface area contributed by atoms with E-state index in [1.54, 1.807) is 0 Å². The Morgan fingerprint density at radius 3 is 2.43 bits per heavy atom. The fourth-order valence-corrected chi connectivity index (χ4v) is 3.60. The van der Waals surface area contributed by atoms with E-state index in [0.29, 0.717) is 0 Å². The number of rotatable bonds is 6. The van der Waals surface area contributed by atoms with E-state index in [2.05, 4.69) is 15.4 Å². The van der Waals surface area contributed by atoms with E-state index >= 15 is 0 Å². The van der Waals surface area contributed by atoms with Crippen molar-refractivity contribution in [1.82, 2.24) is 10.6 Å².